The van der Waals surface area contributed by atoms with Crippen molar-refractivity contribution in [1.29, 1.82) is 0 Å². The summed E-state index contributed by atoms with van der Waals surface area (Å²) in [4.78, 5) is 0. The van der Waals surface area contributed by atoms with Gasteiger partial charge in [-0.05, 0) is 84.6 Å². The Morgan fingerprint density at radius 2 is 1.25 bits per heavy atom. The molecule has 40 heavy (non-hydrogen) atoms. The Hall–Kier alpha value is -4.36. The molecule has 194 valence electrons. The van der Waals surface area contributed by atoms with Crippen molar-refractivity contribution in [1.82, 2.24) is 0 Å². The molecule has 0 amide bonds. The molecule has 0 heterocycles. The smallest absolute Gasteiger partial charge is 0.123 e. The molecule has 1 heteroatoms. The van der Waals surface area contributed by atoms with Crippen molar-refractivity contribution in [3.05, 3.63) is 143 Å². The fraction of sp³-hybridized carbons (Fsp3) is 0.179. The number of aromatic hydroxyl groups is 1. The predicted molar refractivity (Wildman–Crippen MR) is 167 cm³/mol. The van der Waals surface area contributed by atoms with Crippen molar-refractivity contribution in [2.24, 2.45) is 0 Å². The lowest BCUT2D eigenvalue weighted by Crippen LogP contribution is -2.17. The van der Waals surface area contributed by atoms with Gasteiger partial charge in [0.2, 0.25) is 0 Å². The highest BCUT2D eigenvalue weighted by atomic mass is 16.3. The van der Waals surface area contributed by atoms with E-state index in [9.17, 15) is 5.11 Å². The number of fused-ring (bicyclic) bond motifs is 8. The van der Waals surface area contributed by atoms with Gasteiger partial charge in [0.05, 0.1) is 0 Å². The lowest BCUT2D eigenvalue weighted by molar-refractivity contribution is 0.477. The van der Waals surface area contributed by atoms with E-state index in [1.165, 1.54) is 60.9 Å². The molecule has 0 bridgehead atoms. The van der Waals surface area contributed by atoms with Crippen LogP contribution in [0.15, 0.2) is 115 Å². The summed E-state index contributed by atoms with van der Waals surface area (Å²) in [6.07, 6.45) is 4.92. The van der Waals surface area contributed by atoms with Gasteiger partial charge in [0.1, 0.15) is 5.75 Å². The molecule has 0 aromatic heterocycles. The lowest BCUT2D eigenvalue weighted by Gasteiger charge is -2.24. The van der Waals surface area contributed by atoms with Gasteiger partial charge in [-0.15, -0.1) is 0 Å². The zero-order valence-corrected chi connectivity index (χ0v) is 23.4. The maximum absolute atomic E-state index is 10.7. The van der Waals surface area contributed by atoms with Crippen molar-refractivity contribution in [2.45, 2.75) is 44.4 Å². The van der Waals surface area contributed by atoms with Crippen LogP contribution in [0.5, 0.6) is 5.75 Å². The van der Waals surface area contributed by atoms with Gasteiger partial charge in [-0.25, -0.2) is 0 Å². The highest BCUT2D eigenvalue weighted by Gasteiger charge is 2.45. The van der Waals surface area contributed by atoms with Crippen LogP contribution in [0, 0.1) is 0 Å². The van der Waals surface area contributed by atoms with Crippen molar-refractivity contribution >= 4 is 16.3 Å². The van der Waals surface area contributed by atoms with Crippen LogP contribution in [-0.4, -0.2) is 5.11 Å². The summed E-state index contributed by atoms with van der Waals surface area (Å²) in [5, 5.41) is 13.3. The zero-order valence-electron chi connectivity index (χ0n) is 23.4. The SMILES string of the molecule is CC1(C)C2=CC(c3ccccc3-c3ccccc3O)C=C2c2cc3c(cc21)-c1c(ccc2ccccc12)C3(C)C. The van der Waals surface area contributed by atoms with Gasteiger partial charge in [0, 0.05) is 22.3 Å². The first-order valence-corrected chi connectivity index (χ1v) is 14.3. The van der Waals surface area contributed by atoms with Gasteiger partial charge < -0.3 is 5.11 Å². The molecule has 1 unspecified atom stereocenters. The van der Waals surface area contributed by atoms with Crippen LogP contribution in [0.1, 0.15) is 61.4 Å². The molecule has 5 aromatic carbocycles. The molecule has 0 spiro atoms. The van der Waals surface area contributed by atoms with Crippen LogP contribution in [-0.2, 0) is 10.8 Å². The molecule has 0 aliphatic heterocycles. The highest BCUT2D eigenvalue weighted by molar-refractivity contribution is 6.04. The monoisotopic (exact) mass is 516 g/mol. The summed E-state index contributed by atoms with van der Waals surface area (Å²) in [5.41, 5.74) is 14.3. The average Bonchev–Trinajstić information content (AvgIpc) is 3.56. The van der Waals surface area contributed by atoms with E-state index >= 15 is 0 Å². The Balaban J connectivity index is 1.31. The van der Waals surface area contributed by atoms with Crippen LogP contribution in [0.3, 0.4) is 0 Å². The Morgan fingerprint density at radius 3 is 2.08 bits per heavy atom. The molecule has 1 atom stereocenters. The molecule has 3 aliphatic rings. The molecular formula is C39H32O. The maximum Gasteiger partial charge on any atom is 0.123 e. The first-order chi connectivity index (χ1) is 19.3. The largest absolute Gasteiger partial charge is 0.507 e. The molecule has 0 saturated heterocycles. The molecule has 1 N–H and O–H groups in total. The molecule has 0 saturated carbocycles. The third-order valence-electron chi connectivity index (χ3n) is 9.84. The number of phenolic OH excluding ortho intramolecular Hbond substituents is 1. The van der Waals surface area contributed by atoms with E-state index in [1.54, 1.807) is 6.07 Å². The van der Waals surface area contributed by atoms with E-state index in [0.29, 0.717) is 5.75 Å². The molecular weight excluding hydrogens is 484 g/mol. The second-order valence-electron chi connectivity index (χ2n) is 12.7. The van der Waals surface area contributed by atoms with Gasteiger partial charge in [0.15, 0.2) is 0 Å². The van der Waals surface area contributed by atoms with E-state index in [4.69, 9.17) is 0 Å². The van der Waals surface area contributed by atoms with Gasteiger partial charge in [0.25, 0.3) is 0 Å². The number of benzene rings is 5. The first-order valence-electron chi connectivity index (χ1n) is 14.3. The van der Waals surface area contributed by atoms with E-state index < -0.39 is 0 Å². The number of allylic oxidation sites excluding steroid dienone is 4. The van der Waals surface area contributed by atoms with Crippen LogP contribution < -0.4 is 0 Å². The number of rotatable bonds is 2. The second-order valence-corrected chi connectivity index (χ2v) is 12.7. The zero-order chi connectivity index (χ0) is 27.4. The molecule has 3 aliphatic carbocycles. The summed E-state index contributed by atoms with van der Waals surface area (Å²) in [7, 11) is 0. The number of phenols is 1. The minimum Gasteiger partial charge on any atom is -0.507 e. The van der Waals surface area contributed by atoms with Crippen molar-refractivity contribution < 1.29 is 5.11 Å². The lowest BCUT2D eigenvalue weighted by atomic mass is 9.79. The van der Waals surface area contributed by atoms with Crippen LogP contribution in [0.4, 0.5) is 0 Å². The average molecular weight is 517 g/mol. The van der Waals surface area contributed by atoms with Crippen LogP contribution in [0.25, 0.3) is 38.6 Å². The summed E-state index contributed by atoms with van der Waals surface area (Å²) in [6.45, 7) is 9.52. The summed E-state index contributed by atoms with van der Waals surface area (Å²) >= 11 is 0. The summed E-state index contributed by atoms with van der Waals surface area (Å²) < 4.78 is 0. The highest BCUT2D eigenvalue weighted by Crippen LogP contribution is 2.59. The fourth-order valence-electron chi connectivity index (χ4n) is 7.72. The molecule has 5 aromatic rings. The van der Waals surface area contributed by atoms with E-state index in [0.717, 1.165) is 11.1 Å². The summed E-state index contributed by atoms with van der Waals surface area (Å²) in [5.74, 6) is 0.486. The molecule has 1 nitrogen and oxygen atoms in total. The third-order valence-corrected chi connectivity index (χ3v) is 9.84. The third kappa shape index (κ3) is 2.98. The minimum atomic E-state index is -0.0910. The molecule has 0 fully saturated rings. The standard InChI is InChI=1S/C39H32O/c1-38(2)32-18-17-23-11-5-6-13-26(23)37(32)31-22-34-30(21-35(31)38)29-19-24(20-33(29)39(34,3)4)25-12-7-8-14-27(25)28-15-9-10-16-36(28)40/h5-22,24,40H,1-4H3. The minimum absolute atomic E-state index is 0.0592. The maximum atomic E-state index is 10.7. The molecule has 8 rings (SSSR count). The molecule has 0 radical (unpaired) electrons. The fourth-order valence-corrected chi connectivity index (χ4v) is 7.72. The number of hydrogen-bond acceptors (Lipinski definition) is 1. The predicted octanol–water partition coefficient (Wildman–Crippen LogP) is 9.92. The summed E-state index contributed by atoms with van der Waals surface area (Å²) in [6, 6.07) is 34.6. The number of hydrogen-bond donors (Lipinski definition) is 1. The van der Waals surface area contributed by atoms with Gasteiger partial charge in [-0.1, -0.05) is 119 Å². The Labute approximate surface area is 236 Å². The van der Waals surface area contributed by atoms with Crippen molar-refractivity contribution in [3.63, 3.8) is 0 Å². The Morgan fingerprint density at radius 1 is 0.575 bits per heavy atom. The van der Waals surface area contributed by atoms with Gasteiger partial charge in [-0.2, -0.15) is 0 Å². The second kappa shape index (κ2) is 7.86. The van der Waals surface area contributed by atoms with Crippen molar-refractivity contribution in [2.75, 3.05) is 0 Å². The van der Waals surface area contributed by atoms with Gasteiger partial charge in [-0.3, -0.25) is 0 Å². The van der Waals surface area contributed by atoms with E-state index in [2.05, 4.69) is 113 Å². The Kier molecular flexibility index (Phi) is 4.62. The topological polar surface area (TPSA) is 20.2 Å². The first kappa shape index (κ1) is 23.5. The Bertz CT molecular complexity index is 1960. The van der Waals surface area contributed by atoms with E-state index in [1.807, 2.05) is 18.2 Å². The quantitative estimate of drug-likeness (QED) is 0.247. The van der Waals surface area contributed by atoms with Gasteiger partial charge >= 0.3 is 0 Å². The normalized spacial score (nSPS) is 19.1. The van der Waals surface area contributed by atoms with E-state index in [-0.39, 0.29) is 16.7 Å². The van der Waals surface area contributed by atoms with Crippen LogP contribution >= 0.6 is 0 Å². The van der Waals surface area contributed by atoms with Crippen molar-refractivity contribution in [3.8, 4) is 28.0 Å². The number of para-hydroxylation sites is 1. The van der Waals surface area contributed by atoms with Crippen LogP contribution in [0.2, 0.25) is 0 Å².